The van der Waals surface area contributed by atoms with Crippen LogP contribution in [-0.2, 0) is 6.42 Å². The summed E-state index contributed by atoms with van der Waals surface area (Å²) in [5, 5.41) is 6.55. The van der Waals surface area contributed by atoms with Gasteiger partial charge in [0.25, 0.3) is 0 Å². The van der Waals surface area contributed by atoms with Gasteiger partial charge in [0.05, 0.1) is 0 Å². The van der Waals surface area contributed by atoms with Crippen LogP contribution in [-0.4, -0.2) is 0 Å². The van der Waals surface area contributed by atoms with Crippen molar-refractivity contribution in [3.05, 3.63) is 66.0 Å². The first kappa shape index (κ1) is 13.6. The fourth-order valence-corrected chi connectivity index (χ4v) is 2.83. The zero-order valence-corrected chi connectivity index (χ0v) is 12.3. The molecule has 0 heterocycles. The van der Waals surface area contributed by atoms with E-state index in [9.17, 15) is 0 Å². The van der Waals surface area contributed by atoms with Crippen molar-refractivity contribution in [1.29, 1.82) is 0 Å². The van der Waals surface area contributed by atoms with Crippen molar-refractivity contribution >= 4 is 17.1 Å². The Labute approximate surface area is 125 Å². The number of anilines is 3. The SMILES string of the molecule is C=C(Nc1ccc(N)cc1)Nc1ccc2c(c1)C(C)CC2. The van der Waals surface area contributed by atoms with E-state index in [1.54, 1.807) is 0 Å². The van der Waals surface area contributed by atoms with Crippen LogP contribution >= 0.6 is 0 Å². The minimum Gasteiger partial charge on any atom is -0.399 e. The van der Waals surface area contributed by atoms with Crippen molar-refractivity contribution in [2.75, 3.05) is 16.4 Å². The van der Waals surface area contributed by atoms with Gasteiger partial charge in [-0.2, -0.15) is 0 Å². The molecule has 2 aromatic carbocycles. The number of fused-ring (bicyclic) bond motifs is 1. The average molecular weight is 279 g/mol. The summed E-state index contributed by atoms with van der Waals surface area (Å²) >= 11 is 0. The highest BCUT2D eigenvalue weighted by Gasteiger charge is 2.18. The predicted octanol–water partition coefficient (Wildman–Crippen LogP) is 4.31. The molecule has 0 aromatic heterocycles. The van der Waals surface area contributed by atoms with Gasteiger partial charge in [0, 0.05) is 17.1 Å². The molecule has 0 saturated carbocycles. The topological polar surface area (TPSA) is 50.1 Å². The van der Waals surface area contributed by atoms with Crippen LogP contribution in [0, 0.1) is 0 Å². The molecule has 0 aliphatic heterocycles. The molecule has 4 N–H and O–H groups in total. The van der Waals surface area contributed by atoms with Crippen molar-refractivity contribution in [2.45, 2.75) is 25.7 Å². The van der Waals surface area contributed by atoms with Gasteiger partial charge >= 0.3 is 0 Å². The third-order valence-electron chi connectivity index (χ3n) is 4.02. The molecular weight excluding hydrogens is 258 g/mol. The van der Waals surface area contributed by atoms with Gasteiger partial charge in [-0.3, -0.25) is 0 Å². The average Bonchev–Trinajstić information content (AvgIpc) is 2.83. The highest BCUT2D eigenvalue weighted by atomic mass is 15.1. The maximum atomic E-state index is 5.68. The van der Waals surface area contributed by atoms with E-state index in [-0.39, 0.29) is 0 Å². The standard InChI is InChI=1S/C18H21N3/c1-12-3-4-14-5-8-17(11-18(12)14)21-13(2)20-16-9-6-15(19)7-10-16/h5-12,20-21H,2-4,19H2,1H3. The van der Waals surface area contributed by atoms with E-state index in [4.69, 9.17) is 5.73 Å². The van der Waals surface area contributed by atoms with Crippen molar-refractivity contribution in [3.8, 4) is 0 Å². The molecule has 0 saturated heterocycles. The van der Waals surface area contributed by atoms with Crippen LogP contribution in [0.4, 0.5) is 17.1 Å². The van der Waals surface area contributed by atoms with Gasteiger partial charge in [-0.05, 0) is 66.3 Å². The third-order valence-corrected chi connectivity index (χ3v) is 4.02. The smallest absolute Gasteiger partial charge is 0.100 e. The van der Waals surface area contributed by atoms with Crippen molar-refractivity contribution < 1.29 is 0 Å². The molecule has 1 aliphatic rings. The molecule has 3 rings (SSSR count). The lowest BCUT2D eigenvalue weighted by atomic mass is 10.0. The molecule has 1 atom stereocenters. The van der Waals surface area contributed by atoms with Crippen molar-refractivity contribution in [2.24, 2.45) is 0 Å². The Morgan fingerprint density at radius 3 is 2.52 bits per heavy atom. The van der Waals surface area contributed by atoms with Gasteiger partial charge in [-0.15, -0.1) is 0 Å². The molecule has 1 unspecified atom stereocenters. The fraction of sp³-hybridized carbons (Fsp3) is 0.222. The first-order chi connectivity index (χ1) is 10.1. The Morgan fingerprint density at radius 1 is 1.10 bits per heavy atom. The molecule has 0 spiro atoms. The predicted molar refractivity (Wildman–Crippen MR) is 90.4 cm³/mol. The first-order valence-corrected chi connectivity index (χ1v) is 7.33. The Morgan fingerprint density at radius 2 is 1.76 bits per heavy atom. The van der Waals surface area contributed by atoms with E-state index in [1.165, 1.54) is 24.0 Å². The van der Waals surface area contributed by atoms with Crippen LogP contribution < -0.4 is 16.4 Å². The van der Waals surface area contributed by atoms with Gasteiger partial charge in [0.15, 0.2) is 0 Å². The maximum absolute atomic E-state index is 5.68. The summed E-state index contributed by atoms with van der Waals surface area (Å²) in [4.78, 5) is 0. The molecule has 2 aromatic rings. The van der Waals surface area contributed by atoms with Gasteiger partial charge in [0.2, 0.25) is 0 Å². The summed E-state index contributed by atoms with van der Waals surface area (Å²) in [6, 6.07) is 14.2. The second kappa shape index (κ2) is 5.52. The Kier molecular flexibility index (Phi) is 3.57. The van der Waals surface area contributed by atoms with E-state index >= 15 is 0 Å². The Hall–Kier alpha value is -2.42. The lowest BCUT2D eigenvalue weighted by Gasteiger charge is -2.14. The molecule has 0 fully saturated rings. The quantitative estimate of drug-likeness (QED) is 0.731. The van der Waals surface area contributed by atoms with Crippen molar-refractivity contribution in [1.82, 2.24) is 0 Å². The minimum atomic E-state index is 0.653. The molecule has 3 heteroatoms. The molecule has 3 nitrogen and oxygen atoms in total. The second-order valence-corrected chi connectivity index (χ2v) is 5.70. The minimum absolute atomic E-state index is 0.653. The number of aryl methyl sites for hydroxylation is 1. The number of nitrogens with one attached hydrogen (secondary N) is 2. The zero-order chi connectivity index (χ0) is 14.8. The highest BCUT2D eigenvalue weighted by Crippen LogP contribution is 2.34. The summed E-state index contributed by atoms with van der Waals surface area (Å²) in [6.45, 7) is 6.32. The Bertz CT molecular complexity index is 659. The van der Waals surface area contributed by atoms with Crippen LogP contribution in [0.15, 0.2) is 54.9 Å². The van der Waals surface area contributed by atoms with Gasteiger partial charge in [-0.1, -0.05) is 19.6 Å². The van der Waals surface area contributed by atoms with E-state index in [0.29, 0.717) is 5.92 Å². The maximum Gasteiger partial charge on any atom is 0.100 e. The van der Waals surface area contributed by atoms with Gasteiger partial charge in [0.1, 0.15) is 5.82 Å². The number of rotatable bonds is 4. The van der Waals surface area contributed by atoms with E-state index in [1.807, 2.05) is 24.3 Å². The largest absolute Gasteiger partial charge is 0.399 e. The van der Waals surface area contributed by atoms with Crippen LogP contribution in [0.25, 0.3) is 0 Å². The number of nitrogen functional groups attached to an aromatic ring is 1. The summed E-state index contributed by atoms with van der Waals surface area (Å²) in [5.74, 6) is 1.41. The number of nitrogens with two attached hydrogens (primary N) is 1. The van der Waals surface area contributed by atoms with E-state index in [2.05, 4.69) is 42.3 Å². The zero-order valence-electron chi connectivity index (χ0n) is 12.3. The van der Waals surface area contributed by atoms with Crippen molar-refractivity contribution in [3.63, 3.8) is 0 Å². The number of benzene rings is 2. The summed E-state index contributed by atoms with van der Waals surface area (Å²) < 4.78 is 0. The van der Waals surface area contributed by atoms with E-state index < -0.39 is 0 Å². The molecule has 0 radical (unpaired) electrons. The summed E-state index contributed by atoms with van der Waals surface area (Å²) in [6.07, 6.45) is 2.45. The van der Waals surface area contributed by atoms with Gasteiger partial charge in [-0.25, -0.2) is 0 Å². The van der Waals surface area contributed by atoms with Crippen LogP contribution in [0.1, 0.15) is 30.4 Å². The lowest BCUT2D eigenvalue weighted by molar-refractivity contribution is 0.747. The molecule has 0 bridgehead atoms. The first-order valence-electron chi connectivity index (χ1n) is 7.33. The van der Waals surface area contributed by atoms with Crippen LogP contribution in [0.3, 0.4) is 0 Å². The molecule has 0 amide bonds. The number of hydrogen-bond acceptors (Lipinski definition) is 3. The lowest BCUT2D eigenvalue weighted by Crippen LogP contribution is -2.08. The third kappa shape index (κ3) is 3.02. The number of hydrogen-bond donors (Lipinski definition) is 3. The molecule has 21 heavy (non-hydrogen) atoms. The highest BCUT2D eigenvalue weighted by molar-refractivity contribution is 5.59. The van der Waals surface area contributed by atoms with E-state index in [0.717, 1.165) is 22.9 Å². The Balaban J connectivity index is 1.68. The molecular formula is C18H21N3. The van der Waals surface area contributed by atoms with Crippen LogP contribution in [0.2, 0.25) is 0 Å². The van der Waals surface area contributed by atoms with Crippen LogP contribution in [0.5, 0.6) is 0 Å². The summed E-state index contributed by atoms with van der Waals surface area (Å²) in [5.41, 5.74) is 11.4. The molecule has 108 valence electrons. The monoisotopic (exact) mass is 279 g/mol. The summed E-state index contributed by atoms with van der Waals surface area (Å²) in [7, 11) is 0. The van der Waals surface area contributed by atoms with Gasteiger partial charge < -0.3 is 16.4 Å². The fourth-order valence-electron chi connectivity index (χ4n) is 2.83. The normalized spacial score (nSPS) is 16.3. The molecule has 1 aliphatic carbocycles. The second-order valence-electron chi connectivity index (χ2n) is 5.70.